The fourth-order valence-electron chi connectivity index (χ4n) is 2.03. The molecule has 0 aliphatic rings. The second-order valence-corrected chi connectivity index (χ2v) is 4.00. The van der Waals surface area contributed by atoms with Crippen LogP contribution in [0.2, 0.25) is 0 Å². The molecule has 0 aliphatic heterocycles. The molecule has 2 rings (SSSR count). The number of para-hydroxylation sites is 1. The number of hydrogen-bond donors (Lipinski definition) is 1. The van der Waals surface area contributed by atoms with E-state index in [0.29, 0.717) is 5.52 Å². The van der Waals surface area contributed by atoms with Crippen LogP contribution in [0.1, 0.15) is 16.1 Å². The van der Waals surface area contributed by atoms with Gasteiger partial charge in [-0.25, -0.2) is 4.79 Å². The van der Waals surface area contributed by atoms with Gasteiger partial charge >= 0.3 is 11.9 Å². The first kappa shape index (κ1) is 12.2. The van der Waals surface area contributed by atoms with Gasteiger partial charge in [0, 0.05) is 11.1 Å². The molecule has 0 aliphatic carbocycles. The predicted octanol–water partition coefficient (Wildman–Crippen LogP) is 1.82. The maximum Gasteiger partial charge on any atom is 0.337 e. The molecular formula is C13H13NO4. The van der Waals surface area contributed by atoms with Crippen LogP contribution in [-0.4, -0.2) is 28.7 Å². The first-order valence-corrected chi connectivity index (χ1v) is 5.43. The van der Waals surface area contributed by atoms with Gasteiger partial charge in [-0.15, -0.1) is 0 Å². The minimum atomic E-state index is -1.01. The Morgan fingerprint density at radius 2 is 2.11 bits per heavy atom. The number of methoxy groups -OCH3 is 1. The highest BCUT2D eigenvalue weighted by atomic mass is 16.5. The average Bonchev–Trinajstić information content (AvgIpc) is 2.65. The first-order valence-electron chi connectivity index (χ1n) is 5.43. The van der Waals surface area contributed by atoms with Gasteiger partial charge in [-0.05, 0) is 19.1 Å². The summed E-state index contributed by atoms with van der Waals surface area (Å²) in [5.74, 6) is -1.42. The lowest BCUT2D eigenvalue weighted by atomic mass is 10.1. The summed E-state index contributed by atoms with van der Waals surface area (Å²) in [5.41, 5.74) is 1.56. The molecule has 1 aromatic carbocycles. The molecule has 0 fully saturated rings. The highest BCUT2D eigenvalue weighted by Crippen LogP contribution is 2.23. The molecular weight excluding hydrogens is 234 g/mol. The molecule has 0 saturated heterocycles. The van der Waals surface area contributed by atoms with Crippen LogP contribution in [0, 0.1) is 6.92 Å². The van der Waals surface area contributed by atoms with E-state index in [1.807, 2.05) is 19.1 Å². The molecule has 0 atom stereocenters. The lowest BCUT2D eigenvalue weighted by Crippen LogP contribution is -2.13. The van der Waals surface area contributed by atoms with Gasteiger partial charge in [0.2, 0.25) is 0 Å². The van der Waals surface area contributed by atoms with Crippen LogP contribution in [0.25, 0.3) is 10.9 Å². The number of aromatic nitrogens is 1. The van der Waals surface area contributed by atoms with E-state index < -0.39 is 11.9 Å². The zero-order chi connectivity index (χ0) is 13.3. The van der Waals surface area contributed by atoms with Crippen LogP contribution < -0.4 is 0 Å². The molecule has 0 unspecified atom stereocenters. The van der Waals surface area contributed by atoms with Crippen LogP contribution in [-0.2, 0) is 16.1 Å². The van der Waals surface area contributed by atoms with E-state index in [1.165, 1.54) is 13.2 Å². The van der Waals surface area contributed by atoms with Gasteiger partial charge in [0.15, 0.2) is 0 Å². The number of carboxylic acids is 1. The number of carbonyl (C=O) groups excluding carboxylic acids is 1. The number of esters is 1. The zero-order valence-corrected chi connectivity index (χ0v) is 10.1. The van der Waals surface area contributed by atoms with E-state index in [4.69, 9.17) is 0 Å². The van der Waals surface area contributed by atoms with E-state index in [0.717, 1.165) is 11.1 Å². The molecule has 0 spiro atoms. The van der Waals surface area contributed by atoms with Crippen molar-refractivity contribution in [1.29, 1.82) is 0 Å². The molecule has 1 N–H and O–H groups in total. The van der Waals surface area contributed by atoms with Gasteiger partial charge in [-0.3, -0.25) is 4.79 Å². The van der Waals surface area contributed by atoms with Crippen molar-refractivity contribution < 1.29 is 19.4 Å². The van der Waals surface area contributed by atoms with Crippen molar-refractivity contribution in [2.45, 2.75) is 13.5 Å². The molecule has 0 saturated carbocycles. The van der Waals surface area contributed by atoms with E-state index in [9.17, 15) is 14.7 Å². The molecule has 94 valence electrons. The fraction of sp³-hybridized carbons (Fsp3) is 0.231. The summed E-state index contributed by atoms with van der Waals surface area (Å²) in [6.07, 6.45) is 0. The predicted molar refractivity (Wildman–Crippen MR) is 65.7 cm³/mol. The zero-order valence-electron chi connectivity index (χ0n) is 10.1. The van der Waals surface area contributed by atoms with Crippen LogP contribution in [0.5, 0.6) is 0 Å². The lowest BCUT2D eigenvalue weighted by molar-refractivity contribution is -0.141. The molecule has 2 aromatic rings. The average molecular weight is 247 g/mol. The van der Waals surface area contributed by atoms with Crippen molar-refractivity contribution >= 4 is 22.8 Å². The quantitative estimate of drug-likeness (QED) is 0.840. The molecule has 18 heavy (non-hydrogen) atoms. The Kier molecular flexibility index (Phi) is 3.06. The Bertz CT molecular complexity index is 627. The molecule has 0 amide bonds. The number of benzene rings is 1. The number of carboxylic acid groups (broad SMARTS) is 1. The number of hydrogen-bond acceptors (Lipinski definition) is 3. The van der Waals surface area contributed by atoms with Crippen LogP contribution in [0.15, 0.2) is 24.3 Å². The van der Waals surface area contributed by atoms with Crippen LogP contribution in [0.4, 0.5) is 0 Å². The van der Waals surface area contributed by atoms with Gasteiger partial charge in [0.1, 0.15) is 6.54 Å². The second-order valence-electron chi connectivity index (χ2n) is 4.00. The Morgan fingerprint density at radius 1 is 1.39 bits per heavy atom. The maximum absolute atomic E-state index is 11.4. The smallest absolute Gasteiger partial charge is 0.337 e. The minimum Gasteiger partial charge on any atom is -0.478 e. The first-order chi connectivity index (χ1) is 8.54. The van der Waals surface area contributed by atoms with Gasteiger partial charge in [0.05, 0.1) is 18.2 Å². The monoisotopic (exact) mass is 247 g/mol. The van der Waals surface area contributed by atoms with E-state index in [2.05, 4.69) is 4.74 Å². The van der Waals surface area contributed by atoms with Crippen LogP contribution >= 0.6 is 0 Å². The van der Waals surface area contributed by atoms with Crippen LogP contribution in [0.3, 0.4) is 0 Å². The highest BCUT2D eigenvalue weighted by molar-refractivity contribution is 6.03. The minimum absolute atomic E-state index is 0.0100. The van der Waals surface area contributed by atoms with Gasteiger partial charge in [-0.1, -0.05) is 12.1 Å². The molecule has 1 aromatic heterocycles. The summed E-state index contributed by atoms with van der Waals surface area (Å²) < 4.78 is 6.28. The second kappa shape index (κ2) is 4.52. The van der Waals surface area contributed by atoms with Crippen molar-refractivity contribution in [3.05, 3.63) is 35.5 Å². The Morgan fingerprint density at radius 3 is 2.72 bits per heavy atom. The highest BCUT2D eigenvalue weighted by Gasteiger charge is 2.16. The van der Waals surface area contributed by atoms with Crippen molar-refractivity contribution in [2.24, 2.45) is 0 Å². The van der Waals surface area contributed by atoms with Gasteiger partial charge in [0.25, 0.3) is 0 Å². The summed E-state index contributed by atoms with van der Waals surface area (Å²) in [4.78, 5) is 22.6. The molecule has 5 heteroatoms. The van der Waals surface area contributed by atoms with E-state index >= 15 is 0 Å². The number of aromatic carboxylic acids is 1. The van der Waals surface area contributed by atoms with Crippen molar-refractivity contribution in [3.8, 4) is 0 Å². The number of aryl methyl sites for hydroxylation is 1. The SMILES string of the molecule is COC(=O)Cn1c(C)cc2cccc(C(=O)O)c21. The molecule has 0 bridgehead atoms. The van der Waals surface area contributed by atoms with E-state index in [1.54, 1.807) is 10.6 Å². The van der Waals surface area contributed by atoms with Crippen molar-refractivity contribution in [1.82, 2.24) is 4.57 Å². The standard InChI is InChI=1S/C13H13NO4/c1-8-6-9-4-3-5-10(13(16)17)12(9)14(8)7-11(15)18-2/h3-6H,7H2,1-2H3,(H,16,17). The fourth-order valence-corrected chi connectivity index (χ4v) is 2.03. The third-order valence-corrected chi connectivity index (χ3v) is 2.87. The molecule has 5 nitrogen and oxygen atoms in total. The third kappa shape index (κ3) is 1.95. The number of nitrogens with zero attached hydrogens (tertiary/aromatic N) is 1. The Balaban J connectivity index is 2.67. The number of carbonyl (C=O) groups is 2. The van der Waals surface area contributed by atoms with E-state index in [-0.39, 0.29) is 12.1 Å². The third-order valence-electron chi connectivity index (χ3n) is 2.87. The Labute approximate surface area is 104 Å². The van der Waals surface area contributed by atoms with Crippen molar-refractivity contribution in [3.63, 3.8) is 0 Å². The summed E-state index contributed by atoms with van der Waals surface area (Å²) in [7, 11) is 1.31. The number of rotatable bonds is 3. The maximum atomic E-state index is 11.4. The van der Waals surface area contributed by atoms with Gasteiger partial charge in [-0.2, -0.15) is 0 Å². The largest absolute Gasteiger partial charge is 0.478 e. The normalized spacial score (nSPS) is 10.6. The molecule has 0 radical (unpaired) electrons. The van der Waals surface area contributed by atoms with Crippen molar-refractivity contribution in [2.75, 3.05) is 7.11 Å². The lowest BCUT2D eigenvalue weighted by Gasteiger charge is -2.08. The number of ether oxygens (including phenoxy) is 1. The number of fused-ring (bicyclic) bond motifs is 1. The summed E-state index contributed by atoms with van der Waals surface area (Å²) >= 11 is 0. The summed E-state index contributed by atoms with van der Waals surface area (Å²) in [6, 6.07) is 6.89. The summed E-state index contributed by atoms with van der Waals surface area (Å²) in [5, 5.41) is 9.98. The summed E-state index contributed by atoms with van der Waals surface area (Å²) in [6.45, 7) is 1.84. The van der Waals surface area contributed by atoms with Gasteiger partial charge < -0.3 is 14.4 Å². The Hall–Kier alpha value is -2.30. The topological polar surface area (TPSA) is 68.5 Å². The molecule has 1 heterocycles.